The van der Waals surface area contributed by atoms with Gasteiger partial charge in [0.2, 0.25) is 5.91 Å². The van der Waals surface area contributed by atoms with Crippen LogP contribution in [-0.2, 0) is 4.79 Å². The monoisotopic (exact) mass is 309 g/mol. The summed E-state index contributed by atoms with van der Waals surface area (Å²) < 4.78 is 5.66. The van der Waals surface area contributed by atoms with E-state index in [2.05, 4.69) is 13.8 Å². The molecule has 0 aliphatic rings. The first kappa shape index (κ1) is 17.4. The number of carbonyl (C=O) groups is 1. The highest BCUT2D eigenvalue weighted by Gasteiger charge is 2.10. The first-order valence-corrected chi connectivity index (χ1v) is 7.32. The summed E-state index contributed by atoms with van der Waals surface area (Å²) in [6, 6.07) is 7.31. The molecule has 1 aromatic rings. The zero-order chi connectivity index (χ0) is 15.8. The Morgan fingerprint density at radius 2 is 1.90 bits per heavy atom. The molecule has 0 spiro atoms. The Balaban J connectivity index is 2.45. The van der Waals surface area contributed by atoms with Crippen LogP contribution >= 0.6 is 12.2 Å². The molecule has 5 nitrogen and oxygen atoms in total. The third-order valence-corrected chi connectivity index (χ3v) is 3.05. The van der Waals surface area contributed by atoms with Crippen LogP contribution in [0.15, 0.2) is 24.3 Å². The summed E-state index contributed by atoms with van der Waals surface area (Å²) in [6.45, 7) is 6.41. The van der Waals surface area contributed by atoms with Crippen LogP contribution < -0.4 is 16.2 Å². The molecular formula is C15H23N3O2S. The molecule has 116 valence electrons. The summed E-state index contributed by atoms with van der Waals surface area (Å²) in [5.41, 5.74) is 11.6. The van der Waals surface area contributed by atoms with E-state index >= 15 is 0 Å². The molecule has 1 rings (SSSR count). The second-order valence-electron chi connectivity index (χ2n) is 5.33. The lowest BCUT2D eigenvalue weighted by Crippen LogP contribution is -2.38. The van der Waals surface area contributed by atoms with Crippen molar-refractivity contribution >= 4 is 23.1 Å². The molecule has 0 saturated carbocycles. The number of nitrogens with two attached hydrogens (primary N) is 2. The number of ether oxygens (including phenoxy) is 1. The van der Waals surface area contributed by atoms with E-state index in [1.54, 1.807) is 0 Å². The van der Waals surface area contributed by atoms with Gasteiger partial charge in [0.15, 0.2) is 0 Å². The van der Waals surface area contributed by atoms with Crippen molar-refractivity contribution in [3.8, 4) is 5.75 Å². The number of primary amides is 1. The van der Waals surface area contributed by atoms with Crippen LogP contribution in [-0.4, -0.2) is 42.0 Å². The molecule has 4 N–H and O–H groups in total. The van der Waals surface area contributed by atoms with Crippen molar-refractivity contribution in [1.82, 2.24) is 4.90 Å². The van der Waals surface area contributed by atoms with Crippen molar-refractivity contribution in [2.45, 2.75) is 13.8 Å². The first-order chi connectivity index (χ1) is 9.88. The average Bonchev–Trinajstić information content (AvgIpc) is 2.37. The van der Waals surface area contributed by atoms with Crippen molar-refractivity contribution in [2.24, 2.45) is 17.4 Å². The number of rotatable bonds is 9. The molecule has 0 bridgehead atoms. The number of carbonyl (C=O) groups excluding carboxylic acids is 1. The maximum Gasteiger partial charge on any atom is 0.231 e. The number of thiocarbonyl (C=S) groups is 1. The highest BCUT2D eigenvalue weighted by molar-refractivity contribution is 7.80. The second-order valence-corrected chi connectivity index (χ2v) is 5.77. The minimum atomic E-state index is -0.323. The van der Waals surface area contributed by atoms with E-state index in [1.165, 1.54) is 0 Å². The molecule has 0 radical (unpaired) electrons. The fourth-order valence-corrected chi connectivity index (χ4v) is 2.12. The molecule has 21 heavy (non-hydrogen) atoms. The molecule has 1 amide bonds. The molecule has 0 aliphatic heterocycles. The van der Waals surface area contributed by atoms with Gasteiger partial charge in [0.05, 0.1) is 6.54 Å². The smallest absolute Gasteiger partial charge is 0.231 e. The SMILES string of the molecule is CC(C)CN(CCOc1ccc(C(N)=S)cc1)CC(N)=O. The first-order valence-electron chi connectivity index (χ1n) is 6.91. The summed E-state index contributed by atoms with van der Waals surface area (Å²) in [5.74, 6) is 0.893. The van der Waals surface area contributed by atoms with E-state index in [4.69, 9.17) is 28.4 Å². The quantitative estimate of drug-likeness (QED) is 0.669. The molecule has 0 fully saturated rings. The molecule has 0 unspecified atom stereocenters. The lowest BCUT2D eigenvalue weighted by Gasteiger charge is -2.22. The maximum atomic E-state index is 11.0. The maximum absolute atomic E-state index is 11.0. The van der Waals surface area contributed by atoms with Gasteiger partial charge in [0.25, 0.3) is 0 Å². The summed E-state index contributed by atoms with van der Waals surface area (Å²) >= 11 is 4.89. The Labute approximate surface area is 131 Å². The van der Waals surface area contributed by atoms with Crippen molar-refractivity contribution in [2.75, 3.05) is 26.2 Å². The Kier molecular flexibility index (Phi) is 7.11. The van der Waals surface area contributed by atoms with E-state index in [9.17, 15) is 4.79 Å². The van der Waals surface area contributed by atoms with Crippen LogP contribution in [0.4, 0.5) is 0 Å². The van der Waals surface area contributed by atoms with E-state index in [0.29, 0.717) is 24.1 Å². The Morgan fingerprint density at radius 1 is 1.29 bits per heavy atom. The van der Waals surface area contributed by atoms with Gasteiger partial charge in [-0.05, 0) is 30.2 Å². The van der Waals surface area contributed by atoms with Crippen molar-refractivity contribution in [3.63, 3.8) is 0 Å². The van der Waals surface area contributed by atoms with Crippen LogP contribution in [0.1, 0.15) is 19.4 Å². The predicted octanol–water partition coefficient (Wildman–Crippen LogP) is 1.14. The average molecular weight is 309 g/mol. The van der Waals surface area contributed by atoms with Gasteiger partial charge in [-0.2, -0.15) is 0 Å². The number of nitrogens with zero attached hydrogens (tertiary/aromatic N) is 1. The van der Waals surface area contributed by atoms with Gasteiger partial charge in [0, 0.05) is 18.7 Å². The van der Waals surface area contributed by atoms with E-state index in [0.717, 1.165) is 17.9 Å². The van der Waals surface area contributed by atoms with Gasteiger partial charge in [-0.1, -0.05) is 26.1 Å². The van der Waals surface area contributed by atoms with Crippen LogP contribution in [0, 0.1) is 5.92 Å². The van der Waals surface area contributed by atoms with Crippen LogP contribution in [0.2, 0.25) is 0 Å². The zero-order valence-corrected chi connectivity index (χ0v) is 13.4. The normalized spacial score (nSPS) is 10.9. The third-order valence-electron chi connectivity index (χ3n) is 2.82. The molecule has 0 aliphatic carbocycles. The fraction of sp³-hybridized carbons (Fsp3) is 0.467. The van der Waals surface area contributed by atoms with Crippen molar-refractivity contribution < 1.29 is 9.53 Å². The van der Waals surface area contributed by atoms with Gasteiger partial charge in [-0.3, -0.25) is 9.69 Å². The highest BCUT2D eigenvalue weighted by atomic mass is 32.1. The van der Waals surface area contributed by atoms with Crippen LogP contribution in [0.5, 0.6) is 5.75 Å². The van der Waals surface area contributed by atoms with Gasteiger partial charge in [-0.25, -0.2) is 0 Å². The van der Waals surface area contributed by atoms with E-state index in [1.807, 2.05) is 29.2 Å². The van der Waals surface area contributed by atoms with Crippen molar-refractivity contribution in [3.05, 3.63) is 29.8 Å². The minimum Gasteiger partial charge on any atom is -0.492 e. The number of hydrogen-bond donors (Lipinski definition) is 2. The molecular weight excluding hydrogens is 286 g/mol. The summed E-state index contributed by atoms with van der Waals surface area (Å²) in [5, 5.41) is 0. The van der Waals surface area contributed by atoms with Gasteiger partial charge in [0.1, 0.15) is 17.3 Å². The summed E-state index contributed by atoms with van der Waals surface area (Å²) in [4.78, 5) is 13.4. The number of amides is 1. The van der Waals surface area contributed by atoms with E-state index in [-0.39, 0.29) is 12.5 Å². The largest absolute Gasteiger partial charge is 0.492 e. The third kappa shape index (κ3) is 7.06. The molecule has 0 heterocycles. The number of benzene rings is 1. The van der Waals surface area contributed by atoms with Gasteiger partial charge in [-0.15, -0.1) is 0 Å². The van der Waals surface area contributed by atoms with E-state index < -0.39 is 0 Å². The standard InChI is InChI=1S/C15H23N3O2S/c1-11(2)9-18(10-14(16)19)7-8-20-13-5-3-12(4-6-13)15(17)21/h3-6,11H,7-10H2,1-2H3,(H2,16,19)(H2,17,21). The fourth-order valence-electron chi connectivity index (χ4n) is 1.98. The molecule has 0 atom stereocenters. The topological polar surface area (TPSA) is 81.6 Å². The molecule has 6 heteroatoms. The lowest BCUT2D eigenvalue weighted by atomic mass is 10.2. The van der Waals surface area contributed by atoms with Gasteiger partial charge >= 0.3 is 0 Å². The number of hydrogen-bond acceptors (Lipinski definition) is 4. The Morgan fingerprint density at radius 3 is 2.38 bits per heavy atom. The van der Waals surface area contributed by atoms with Gasteiger partial charge < -0.3 is 16.2 Å². The second kappa shape index (κ2) is 8.59. The predicted molar refractivity (Wildman–Crippen MR) is 88.3 cm³/mol. The zero-order valence-electron chi connectivity index (χ0n) is 12.5. The highest BCUT2D eigenvalue weighted by Crippen LogP contribution is 2.12. The molecule has 0 saturated heterocycles. The van der Waals surface area contributed by atoms with Crippen LogP contribution in [0.25, 0.3) is 0 Å². The Bertz CT molecular complexity index is 474. The summed E-state index contributed by atoms with van der Waals surface area (Å²) in [7, 11) is 0. The summed E-state index contributed by atoms with van der Waals surface area (Å²) in [6.07, 6.45) is 0. The molecule has 1 aromatic carbocycles. The Hall–Kier alpha value is -1.66. The van der Waals surface area contributed by atoms with Crippen molar-refractivity contribution in [1.29, 1.82) is 0 Å². The minimum absolute atomic E-state index is 0.252. The van der Waals surface area contributed by atoms with Crippen LogP contribution in [0.3, 0.4) is 0 Å². The lowest BCUT2D eigenvalue weighted by molar-refractivity contribution is -0.119. The molecule has 0 aromatic heterocycles.